The number of benzene rings is 1. The van der Waals surface area contributed by atoms with E-state index in [0.29, 0.717) is 28.5 Å². The number of halogens is 3. The zero-order valence-corrected chi connectivity index (χ0v) is 12.9. The van der Waals surface area contributed by atoms with Crippen molar-refractivity contribution in [3.63, 3.8) is 0 Å². The molecule has 118 valence electrons. The van der Waals surface area contributed by atoms with Crippen molar-refractivity contribution in [2.24, 2.45) is 0 Å². The summed E-state index contributed by atoms with van der Waals surface area (Å²) < 4.78 is 27.8. The Balaban J connectivity index is 2.02. The number of carbonyl (C=O) groups excluding carboxylic acids is 1. The van der Waals surface area contributed by atoms with E-state index >= 15 is 0 Å². The normalized spacial score (nSPS) is 11.0. The minimum Gasteiger partial charge on any atom is -0.321 e. The molecule has 0 bridgehead atoms. The number of rotatable bonds is 3. The van der Waals surface area contributed by atoms with Crippen LogP contribution in [0.4, 0.5) is 14.5 Å². The molecule has 3 rings (SSSR count). The molecular formula is C16H12ClF2N3O. The van der Waals surface area contributed by atoms with Crippen LogP contribution >= 0.6 is 11.6 Å². The fourth-order valence-electron chi connectivity index (χ4n) is 2.32. The molecule has 0 aliphatic heterocycles. The third kappa shape index (κ3) is 2.90. The number of nitrogens with zero attached hydrogens (tertiary/aromatic N) is 2. The molecule has 0 atom stereocenters. The monoisotopic (exact) mass is 335 g/mol. The fourth-order valence-corrected chi connectivity index (χ4v) is 2.48. The van der Waals surface area contributed by atoms with Gasteiger partial charge in [0.05, 0.1) is 10.7 Å². The Bertz CT molecular complexity index is 908. The highest BCUT2D eigenvalue weighted by Gasteiger charge is 2.19. The summed E-state index contributed by atoms with van der Waals surface area (Å²) in [5.74, 6) is -2.47. The summed E-state index contributed by atoms with van der Waals surface area (Å²) in [6.07, 6.45) is 2.13. The van der Waals surface area contributed by atoms with Crippen LogP contribution in [0.5, 0.6) is 0 Å². The molecule has 0 radical (unpaired) electrons. The maximum atomic E-state index is 13.3. The van der Waals surface area contributed by atoms with Crippen molar-refractivity contribution < 1.29 is 13.6 Å². The van der Waals surface area contributed by atoms with Crippen molar-refractivity contribution in [2.75, 3.05) is 5.32 Å². The predicted molar refractivity (Wildman–Crippen MR) is 83.9 cm³/mol. The van der Waals surface area contributed by atoms with Crippen LogP contribution < -0.4 is 5.32 Å². The summed E-state index contributed by atoms with van der Waals surface area (Å²) in [5, 5.41) is 3.01. The molecule has 23 heavy (non-hydrogen) atoms. The number of amides is 1. The second kappa shape index (κ2) is 5.96. The van der Waals surface area contributed by atoms with E-state index in [1.807, 2.05) is 6.92 Å². The number of nitrogens with one attached hydrogen (secondary N) is 1. The third-order valence-corrected chi connectivity index (χ3v) is 3.61. The van der Waals surface area contributed by atoms with Gasteiger partial charge in [-0.2, -0.15) is 0 Å². The second-order valence-corrected chi connectivity index (χ2v) is 5.36. The van der Waals surface area contributed by atoms with E-state index in [4.69, 9.17) is 11.6 Å². The molecule has 0 aliphatic carbocycles. The summed E-state index contributed by atoms with van der Waals surface area (Å²) in [4.78, 5) is 16.9. The number of aromatic nitrogens is 2. The first-order chi connectivity index (χ1) is 11.0. The average Bonchev–Trinajstić information content (AvgIpc) is 2.88. The van der Waals surface area contributed by atoms with Gasteiger partial charge in [0.15, 0.2) is 11.6 Å². The third-order valence-electron chi connectivity index (χ3n) is 3.38. The molecule has 0 unspecified atom stereocenters. The van der Waals surface area contributed by atoms with Crippen molar-refractivity contribution >= 4 is 28.8 Å². The minimum absolute atomic E-state index is 0.160. The molecule has 2 heterocycles. The number of carbonyl (C=O) groups is 1. The van der Waals surface area contributed by atoms with E-state index < -0.39 is 17.5 Å². The lowest BCUT2D eigenvalue weighted by Crippen LogP contribution is -2.16. The van der Waals surface area contributed by atoms with Crippen LogP contribution in [-0.4, -0.2) is 15.3 Å². The van der Waals surface area contributed by atoms with Gasteiger partial charge in [0, 0.05) is 18.0 Å². The summed E-state index contributed by atoms with van der Waals surface area (Å²) in [7, 11) is 0. The SMILES string of the molecule is CCc1nc2ccc(Cl)cn2c1C(=O)Nc1ccc(F)c(F)c1. The van der Waals surface area contributed by atoms with Crippen LogP contribution in [0.1, 0.15) is 23.1 Å². The van der Waals surface area contributed by atoms with Gasteiger partial charge in [-0.15, -0.1) is 0 Å². The maximum Gasteiger partial charge on any atom is 0.274 e. The van der Waals surface area contributed by atoms with Crippen LogP contribution in [-0.2, 0) is 6.42 Å². The molecule has 0 aliphatic rings. The maximum absolute atomic E-state index is 13.3. The van der Waals surface area contributed by atoms with Gasteiger partial charge < -0.3 is 5.32 Å². The zero-order chi connectivity index (χ0) is 16.6. The Kier molecular flexibility index (Phi) is 4.00. The molecule has 1 aromatic carbocycles. The van der Waals surface area contributed by atoms with Crippen LogP contribution in [0.25, 0.3) is 5.65 Å². The van der Waals surface area contributed by atoms with Gasteiger partial charge in [0.2, 0.25) is 0 Å². The van der Waals surface area contributed by atoms with Gasteiger partial charge in [-0.25, -0.2) is 13.8 Å². The van der Waals surface area contributed by atoms with Gasteiger partial charge in [-0.1, -0.05) is 18.5 Å². The number of imidazole rings is 1. The van der Waals surface area contributed by atoms with E-state index in [9.17, 15) is 13.6 Å². The molecule has 0 fully saturated rings. The number of aryl methyl sites for hydroxylation is 1. The number of pyridine rings is 1. The fraction of sp³-hybridized carbons (Fsp3) is 0.125. The number of hydrogen-bond acceptors (Lipinski definition) is 2. The van der Waals surface area contributed by atoms with Gasteiger partial charge in [0.25, 0.3) is 5.91 Å². The van der Waals surface area contributed by atoms with Gasteiger partial charge >= 0.3 is 0 Å². The van der Waals surface area contributed by atoms with E-state index in [-0.39, 0.29) is 5.69 Å². The molecule has 7 heteroatoms. The molecule has 3 aromatic rings. The molecule has 4 nitrogen and oxygen atoms in total. The quantitative estimate of drug-likeness (QED) is 0.784. The van der Waals surface area contributed by atoms with Crippen molar-refractivity contribution in [1.82, 2.24) is 9.38 Å². The molecule has 1 N–H and O–H groups in total. The summed E-state index contributed by atoms with van der Waals surface area (Å²) >= 11 is 5.97. The van der Waals surface area contributed by atoms with Gasteiger partial charge in [-0.05, 0) is 30.7 Å². The first-order valence-electron chi connectivity index (χ1n) is 6.92. The highest BCUT2D eigenvalue weighted by molar-refractivity contribution is 6.30. The van der Waals surface area contributed by atoms with Gasteiger partial charge in [0.1, 0.15) is 11.3 Å². The van der Waals surface area contributed by atoms with Crippen molar-refractivity contribution in [2.45, 2.75) is 13.3 Å². The molecule has 0 saturated carbocycles. The Morgan fingerprint density at radius 1 is 1.26 bits per heavy atom. The van der Waals surface area contributed by atoms with E-state index in [2.05, 4.69) is 10.3 Å². The molecule has 2 aromatic heterocycles. The lowest BCUT2D eigenvalue weighted by molar-refractivity contribution is 0.102. The van der Waals surface area contributed by atoms with Crippen LogP contribution in [0.2, 0.25) is 5.02 Å². The topological polar surface area (TPSA) is 46.4 Å². The number of hydrogen-bond donors (Lipinski definition) is 1. The van der Waals surface area contributed by atoms with Crippen LogP contribution in [0.3, 0.4) is 0 Å². The summed E-state index contributed by atoms with van der Waals surface area (Å²) in [5.41, 5.74) is 1.65. The Labute approximate surface area is 135 Å². The van der Waals surface area contributed by atoms with Crippen LogP contribution in [0.15, 0.2) is 36.5 Å². The highest BCUT2D eigenvalue weighted by Crippen LogP contribution is 2.20. The van der Waals surface area contributed by atoms with Crippen molar-refractivity contribution in [1.29, 1.82) is 0 Å². The van der Waals surface area contributed by atoms with Crippen molar-refractivity contribution in [3.8, 4) is 0 Å². The summed E-state index contributed by atoms with van der Waals surface area (Å²) in [6.45, 7) is 1.87. The Morgan fingerprint density at radius 3 is 2.74 bits per heavy atom. The number of anilines is 1. The lowest BCUT2D eigenvalue weighted by atomic mass is 10.2. The first-order valence-corrected chi connectivity index (χ1v) is 7.30. The number of fused-ring (bicyclic) bond motifs is 1. The largest absolute Gasteiger partial charge is 0.321 e. The molecule has 1 amide bonds. The lowest BCUT2D eigenvalue weighted by Gasteiger charge is -2.07. The predicted octanol–water partition coefficient (Wildman–Crippen LogP) is 4.08. The van der Waals surface area contributed by atoms with Gasteiger partial charge in [-0.3, -0.25) is 9.20 Å². The smallest absolute Gasteiger partial charge is 0.274 e. The molecule has 0 spiro atoms. The Hall–Kier alpha value is -2.47. The standard InChI is InChI=1S/C16H12ClF2N3O/c1-2-13-15(22-8-9(17)3-6-14(22)21-13)16(23)20-10-4-5-11(18)12(19)7-10/h3-8H,2H2,1H3,(H,20,23). The van der Waals surface area contributed by atoms with E-state index in [0.717, 1.165) is 12.1 Å². The van der Waals surface area contributed by atoms with Crippen LogP contribution in [0, 0.1) is 11.6 Å². The first kappa shape index (κ1) is 15.4. The van der Waals surface area contributed by atoms with Crippen molar-refractivity contribution in [3.05, 3.63) is 64.6 Å². The zero-order valence-electron chi connectivity index (χ0n) is 12.1. The Morgan fingerprint density at radius 2 is 2.04 bits per heavy atom. The summed E-state index contributed by atoms with van der Waals surface area (Å²) in [6, 6.07) is 6.56. The van der Waals surface area contributed by atoms with E-state index in [1.165, 1.54) is 6.07 Å². The van der Waals surface area contributed by atoms with E-state index in [1.54, 1.807) is 22.7 Å². The second-order valence-electron chi connectivity index (χ2n) is 4.92. The minimum atomic E-state index is -1.03. The highest BCUT2D eigenvalue weighted by atomic mass is 35.5. The molecular weight excluding hydrogens is 324 g/mol. The average molecular weight is 336 g/mol. The molecule has 0 saturated heterocycles.